The fraction of sp³-hybridized carbons (Fsp3) is 0.786. The van der Waals surface area contributed by atoms with Gasteiger partial charge in [0.05, 0.1) is 0 Å². The molecule has 5 heteroatoms. The Morgan fingerprint density at radius 2 is 1.47 bits per heavy atom. The molecule has 2 amide bonds. The fourth-order valence-electron chi connectivity index (χ4n) is 2.23. The third kappa shape index (κ3) is 3.33. The van der Waals surface area contributed by atoms with Gasteiger partial charge in [-0.1, -0.05) is 13.8 Å². The molecule has 0 aromatic carbocycles. The summed E-state index contributed by atoms with van der Waals surface area (Å²) in [4.78, 5) is 37.0. The van der Waals surface area contributed by atoms with Crippen LogP contribution in [0.1, 0.15) is 46.0 Å². The summed E-state index contributed by atoms with van der Waals surface area (Å²) >= 11 is 0. The van der Waals surface area contributed by atoms with Gasteiger partial charge in [-0.25, -0.2) is 4.79 Å². The van der Waals surface area contributed by atoms with E-state index in [1.54, 1.807) is 0 Å². The Balaban J connectivity index is 2.19. The van der Waals surface area contributed by atoms with E-state index in [0.29, 0.717) is 6.42 Å². The molecule has 0 saturated heterocycles. The number of hydrogen-bond acceptors (Lipinski definition) is 3. The van der Waals surface area contributed by atoms with Crippen LogP contribution in [0.25, 0.3) is 0 Å². The van der Waals surface area contributed by atoms with Crippen LogP contribution in [0.5, 0.6) is 0 Å². The summed E-state index contributed by atoms with van der Waals surface area (Å²) in [6.45, 7) is 3.80. The largest absolute Gasteiger partial charge is 0.480 e. The predicted molar refractivity (Wildman–Crippen MR) is 68.2 cm³/mol. The number of carbonyl (C=O) groups excluding carboxylic acids is 2. The molecule has 0 heterocycles. The molecule has 19 heavy (non-hydrogen) atoms. The minimum absolute atomic E-state index is 0.127. The molecule has 1 atom stereocenters. The van der Waals surface area contributed by atoms with Crippen molar-refractivity contribution in [3.8, 4) is 0 Å². The molecule has 0 aliphatic heterocycles. The zero-order valence-electron chi connectivity index (χ0n) is 11.5. The molecule has 2 aliphatic carbocycles. The average Bonchev–Trinajstić information content (AvgIpc) is 3.17. The first-order chi connectivity index (χ1) is 8.91. The van der Waals surface area contributed by atoms with Gasteiger partial charge in [-0.3, -0.25) is 14.5 Å². The van der Waals surface area contributed by atoms with Crippen molar-refractivity contribution in [3.05, 3.63) is 0 Å². The summed E-state index contributed by atoms with van der Waals surface area (Å²) < 4.78 is 0. The molecule has 0 aromatic rings. The summed E-state index contributed by atoms with van der Waals surface area (Å²) in [5, 5.41) is 9.35. The molecular formula is C14H21NO4. The van der Waals surface area contributed by atoms with Gasteiger partial charge in [-0.15, -0.1) is 0 Å². The Bertz CT molecular complexity index is 372. The average molecular weight is 267 g/mol. The van der Waals surface area contributed by atoms with E-state index in [1.807, 2.05) is 13.8 Å². The number of carboxylic acids is 1. The van der Waals surface area contributed by atoms with Gasteiger partial charge in [0, 0.05) is 11.8 Å². The van der Waals surface area contributed by atoms with Crippen LogP contribution in [0.2, 0.25) is 0 Å². The second kappa shape index (κ2) is 5.31. The van der Waals surface area contributed by atoms with Gasteiger partial charge in [0.15, 0.2) is 0 Å². The van der Waals surface area contributed by atoms with Crippen molar-refractivity contribution < 1.29 is 19.5 Å². The van der Waals surface area contributed by atoms with Crippen LogP contribution in [0.3, 0.4) is 0 Å². The fourth-order valence-corrected chi connectivity index (χ4v) is 2.23. The third-order valence-electron chi connectivity index (χ3n) is 3.62. The van der Waals surface area contributed by atoms with Crippen molar-refractivity contribution in [1.29, 1.82) is 0 Å². The van der Waals surface area contributed by atoms with E-state index in [2.05, 4.69) is 0 Å². The van der Waals surface area contributed by atoms with E-state index in [4.69, 9.17) is 0 Å². The molecule has 0 radical (unpaired) electrons. The van der Waals surface area contributed by atoms with Crippen LogP contribution in [0.4, 0.5) is 0 Å². The predicted octanol–water partition coefficient (Wildman–Crippen LogP) is 1.66. The monoisotopic (exact) mass is 267 g/mol. The number of carboxylic acid groups (broad SMARTS) is 1. The highest BCUT2D eigenvalue weighted by Crippen LogP contribution is 2.37. The molecule has 1 N–H and O–H groups in total. The van der Waals surface area contributed by atoms with Crippen molar-refractivity contribution in [3.63, 3.8) is 0 Å². The third-order valence-corrected chi connectivity index (χ3v) is 3.62. The lowest BCUT2D eigenvalue weighted by Gasteiger charge is -2.28. The topological polar surface area (TPSA) is 74.7 Å². The summed E-state index contributed by atoms with van der Waals surface area (Å²) in [5.74, 6) is -1.75. The number of imide groups is 1. The molecule has 5 nitrogen and oxygen atoms in total. The van der Waals surface area contributed by atoms with Gasteiger partial charge in [-0.05, 0) is 38.0 Å². The van der Waals surface area contributed by atoms with Gasteiger partial charge in [0.1, 0.15) is 6.04 Å². The zero-order chi connectivity index (χ0) is 14.2. The Morgan fingerprint density at radius 1 is 1.05 bits per heavy atom. The number of amides is 2. The Morgan fingerprint density at radius 3 is 1.74 bits per heavy atom. The van der Waals surface area contributed by atoms with Crippen molar-refractivity contribution in [2.75, 3.05) is 0 Å². The maximum atomic E-state index is 12.2. The number of carbonyl (C=O) groups is 3. The van der Waals surface area contributed by atoms with Gasteiger partial charge in [0.25, 0.3) is 0 Å². The number of nitrogens with zero attached hydrogens (tertiary/aromatic N) is 1. The molecule has 0 unspecified atom stereocenters. The minimum atomic E-state index is -1.07. The van der Waals surface area contributed by atoms with Crippen molar-refractivity contribution in [2.24, 2.45) is 17.8 Å². The van der Waals surface area contributed by atoms with Crippen molar-refractivity contribution in [2.45, 2.75) is 52.0 Å². The first-order valence-corrected chi connectivity index (χ1v) is 7.01. The van der Waals surface area contributed by atoms with Gasteiger partial charge >= 0.3 is 5.97 Å². The summed E-state index contributed by atoms with van der Waals surface area (Å²) in [6, 6.07) is -0.999. The van der Waals surface area contributed by atoms with E-state index < -0.39 is 12.0 Å². The molecule has 2 rings (SSSR count). The Kier molecular flexibility index (Phi) is 3.92. The lowest BCUT2D eigenvalue weighted by Crippen LogP contribution is -2.50. The summed E-state index contributed by atoms with van der Waals surface area (Å²) in [7, 11) is 0. The second-order valence-electron chi connectivity index (χ2n) is 6.08. The van der Waals surface area contributed by atoms with Crippen LogP contribution in [-0.4, -0.2) is 33.8 Å². The molecule has 0 spiro atoms. The van der Waals surface area contributed by atoms with E-state index in [9.17, 15) is 19.5 Å². The lowest BCUT2D eigenvalue weighted by atomic mass is 10.0. The Hall–Kier alpha value is -1.39. The molecule has 2 saturated carbocycles. The van der Waals surface area contributed by atoms with E-state index >= 15 is 0 Å². The second-order valence-corrected chi connectivity index (χ2v) is 6.08. The van der Waals surface area contributed by atoms with E-state index in [-0.39, 0.29) is 29.6 Å². The van der Waals surface area contributed by atoms with Crippen molar-refractivity contribution in [1.82, 2.24) is 4.90 Å². The first-order valence-electron chi connectivity index (χ1n) is 7.01. The van der Waals surface area contributed by atoms with Crippen LogP contribution in [0.15, 0.2) is 0 Å². The molecule has 2 aliphatic rings. The molecular weight excluding hydrogens is 246 g/mol. The van der Waals surface area contributed by atoms with Crippen LogP contribution < -0.4 is 0 Å². The van der Waals surface area contributed by atoms with Gasteiger partial charge < -0.3 is 5.11 Å². The molecule has 0 aromatic heterocycles. The van der Waals surface area contributed by atoms with E-state index in [1.165, 1.54) is 0 Å². The zero-order valence-corrected chi connectivity index (χ0v) is 11.5. The number of rotatable bonds is 6. The van der Waals surface area contributed by atoms with Gasteiger partial charge in [-0.2, -0.15) is 0 Å². The standard InChI is InChI=1S/C14H21NO4/c1-8(2)7-11(14(18)19)15(12(16)9-3-4-9)13(17)10-5-6-10/h8-11H,3-7H2,1-2H3,(H,18,19)/t11-/m1/s1. The maximum absolute atomic E-state index is 12.2. The highest BCUT2D eigenvalue weighted by atomic mass is 16.4. The van der Waals surface area contributed by atoms with Crippen LogP contribution in [-0.2, 0) is 14.4 Å². The number of hydrogen-bond donors (Lipinski definition) is 1. The molecule has 106 valence electrons. The van der Waals surface area contributed by atoms with Crippen LogP contribution >= 0.6 is 0 Å². The van der Waals surface area contributed by atoms with Crippen LogP contribution in [0, 0.1) is 17.8 Å². The highest BCUT2D eigenvalue weighted by molar-refractivity contribution is 6.02. The smallest absolute Gasteiger partial charge is 0.326 e. The molecule has 0 bridgehead atoms. The SMILES string of the molecule is CC(C)C[C@H](C(=O)O)N(C(=O)C1CC1)C(=O)C1CC1. The maximum Gasteiger partial charge on any atom is 0.326 e. The Labute approximate surface area is 113 Å². The van der Waals surface area contributed by atoms with Gasteiger partial charge in [0.2, 0.25) is 11.8 Å². The quantitative estimate of drug-likeness (QED) is 0.743. The number of aliphatic carboxylic acids is 1. The molecule has 2 fully saturated rings. The van der Waals surface area contributed by atoms with E-state index in [0.717, 1.165) is 30.6 Å². The first kappa shape index (κ1) is 14.0. The lowest BCUT2D eigenvalue weighted by molar-refractivity contribution is -0.160. The minimum Gasteiger partial charge on any atom is -0.480 e. The summed E-state index contributed by atoms with van der Waals surface area (Å²) in [5.41, 5.74) is 0. The highest BCUT2D eigenvalue weighted by Gasteiger charge is 2.46. The normalized spacial score (nSPS) is 20.2. The van der Waals surface area contributed by atoms with Crippen molar-refractivity contribution >= 4 is 17.8 Å². The summed E-state index contributed by atoms with van der Waals surface area (Å²) in [6.07, 6.45) is 3.44.